The molecule has 8 heteroatoms. The van der Waals surface area contributed by atoms with E-state index < -0.39 is 11.3 Å². The van der Waals surface area contributed by atoms with Gasteiger partial charge in [-0.25, -0.2) is 0 Å². The second-order valence-electron chi connectivity index (χ2n) is 5.49. The molecule has 1 heterocycles. The van der Waals surface area contributed by atoms with Gasteiger partial charge in [-0.15, -0.1) is 0 Å². The van der Waals surface area contributed by atoms with Crippen molar-refractivity contribution in [2.45, 2.75) is 0 Å². The van der Waals surface area contributed by atoms with Gasteiger partial charge >= 0.3 is 0 Å². The number of hydrogen-bond donors (Lipinski definition) is 1. The van der Waals surface area contributed by atoms with Gasteiger partial charge in [-0.1, -0.05) is 40.9 Å². The van der Waals surface area contributed by atoms with Crippen LogP contribution in [0.15, 0.2) is 53.5 Å². The van der Waals surface area contributed by atoms with Crippen LogP contribution in [0.5, 0.6) is 5.75 Å². The molecular formula is C19H9Cl3N2O3. The Bertz CT molecular complexity index is 1160. The first-order chi connectivity index (χ1) is 12.8. The fourth-order valence-electron chi connectivity index (χ4n) is 2.52. The molecule has 0 aliphatic rings. The van der Waals surface area contributed by atoms with Crippen LogP contribution in [-0.2, 0) is 0 Å². The van der Waals surface area contributed by atoms with Gasteiger partial charge in [0.15, 0.2) is 5.78 Å². The third-order valence-electron chi connectivity index (χ3n) is 3.78. The first-order valence-electron chi connectivity index (χ1n) is 7.48. The Labute approximate surface area is 168 Å². The summed E-state index contributed by atoms with van der Waals surface area (Å²) in [5.41, 5.74) is -0.897. The van der Waals surface area contributed by atoms with E-state index in [2.05, 4.69) is 0 Å². The van der Waals surface area contributed by atoms with E-state index in [-0.39, 0.29) is 43.2 Å². The Hall–Kier alpha value is -2.78. The third kappa shape index (κ3) is 3.56. The smallest absolute Gasteiger partial charge is 0.273 e. The molecule has 1 aromatic heterocycles. The van der Waals surface area contributed by atoms with Gasteiger partial charge in [0.1, 0.15) is 17.4 Å². The van der Waals surface area contributed by atoms with E-state index in [0.717, 1.165) is 10.6 Å². The van der Waals surface area contributed by atoms with Crippen LogP contribution < -0.4 is 5.56 Å². The molecule has 3 aromatic rings. The highest BCUT2D eigenvalue weighted by atomic mass is 35.5. The zero-order valence-corrected chi connectivity index (χ0v) is 15.7. The summed E-state index contributed by atoms with van der Waals surface area (Å²) >= 11 is 18.2. The number of aromatic hydroxyl groups is 1. The first kappa shape index (κ1) is 19.0. The molecule has 0 radical (unpaired) electrons. The van der Waals surface area contributed by atoms with E-state index in [1.807, 2.05) is 0 Å². The summed E-state index contributed by atoms with van der Waals surface area (Å²) in [6.07, 6.45) is 1.22. The highest BCUT2D eigenvalue weighted by molar-refractivity contribution is 6.37. The van der Waals surface area contributed by atoms with Crippen molar-refractivity contribution < 1.29 is 9.90 Å². The minimum absolute atomic E-state index is 0.0142. The standard InChI is InChI=1S/C19H9Cl3N2O3/c20-12-4-5-16(25)13(7-12)18(26)11-6-10(8-23)19(27)24(9-11)17-14(21)2-1-3-15(17)22/h1-7,9,25H. The van der Waals surface area contributed by atoms with Crippen molar-refractivity contribution in [3.05, 3.63) is 90.8 Å². The lowest BCUT2D eigenvalue weighted by molar-refractivity contribution is 0.103. The fraction of sp³-hybridized carbons (Fsp3) is 0. The van der Waals surface area contributed by atoms with Crippen LogP contribution in [0.4, 0.5) is 0 Å². The number of ketones is 1. The van der Waals surface area contributed by atoms with Crippen LogP contribution in [0.25, 0.3) is 5.69 Å². The molecule has 0 atom stereocenters. The van der Waals surface area contributed by atoms with Gasteiger partial charge in [0.05, 0.1) is 21.3 Å². The van der Waals surface area contributed by atoms with Gasteiger partial charge in [-0.05, 0) is 36.4 Å². The minimum Gasteiger partial charge on any atom is -0.507 e. The molecule has 0 saturated carbocycles. The molecular weight excluding hydrogens is 411 g/mol. The maximum atomic E-state index is 12.8. The van der Waals surface area contributed by atoms with Crippen LogP contribution >= 0.6 is 34.8 Å². The van der Waals surface area contributed by atoms with Gasteiger partial charge in [0.25, 0.3) is 5.56 Å². The number of halogens is 3. The van der Waals surface area contributed by atoms with Gasteiger partial charge in [-0.2, -0.15) is 5.26 Å². The van der Waals surface area contributed by atoms with E-state index in [1.165, 1.54) is 36.5 Å². The summed E-state index contributed by atoms with van der Waals surface area (Å²) in [6.45, 7) is 0. The first-order valence-corrected chi connectivity index (χ1v) is 8.61. The summed E-state index contributed by atoms with van der Waals surface area (Å²) in [5.74, 6) is -0.903. The van der Waals surface area contributed by atoms with Gasteiger partial charge in [0, 0.05) is 16.8 Å². The van der Waals surface area contributed by atoms with Crippen LogP contribution in [-0.4, -0.2) is 15.5 Å². The number of nitrogens with zero attached hydrogens (tertiary/aromatic N) is 2. The van der Waals surface area contributed by atoms with E-state index in [1.54, 1.807) is 12.1 Å². The van der Waals surface area contributed by atoms with Crippen LogP contribution in [0, 0.1) is 11.3 Å². The van der Waals surface area contributed by atoms with Crippen molar-refractivity contribution in [3.63, 3.8) is 0 Å². The largest absolute Gasteiger partial charge is 0.507 e. The highest BCUT2D eigenvalue weighted by Crippen LogP contribution is 2.29. The molecule has 5 nitrogen and oxygen atoms in total. The molecule has 3 rings (SSSR count). The second-order valence-corrected chi connectivity index (χ2v) is 6.74. The Morgan fingerprint density at radius 3 is 2.37 bits per heavy atom. The van der Waals surface area contributed by atoms with Gasteiger partial charge in [0.2, 0.25) is 0 Å². The summed E-state index contributed by atoms with van der Waals surface area (Å²) in [5, 5.41) is 19.8. The molecule has 1 N–H and O–H groups in total. The van der Waals surface area contributed by atoms with E-state index in [0.29, 0.717) is 0 Å². The molecule has 134 valence electrons. The van der Waals surface area contributed by atoms with E-state index in [4.69, 9.17) is 34.8 Å². The third-order valence-corrected chi connectivity index (χ3v) is 4.63. The van der Waals surface area contributed by atoms with E-state index in [9.17, 15) is 20.0 Å². The molecule has 0 bridgehead atoms. The summed E-state index contributed by atoms with van der Waals surface area (Å²) in [6, 6.07) is 11.6. The summed E-state index contributed by atoms with van der Waals surface area (Å²) < 4.78 is 1.04. The minimum atomic E-state index is -0.681. The number of carbonyl (C=O) groups is 1. The highest BCUT2D eigenvalue weighted by Gasteiger charge is 2.20. The zero-order valence-electron chi connectivity index (χ0n) is 13.4. The predicted octanol–water partition coefficient (Wildman–Crippen LogP) is 4.61. The Morgan fingerprint density at radius 2 is 1.74 bits per heavy atom. The average molecular weight is 420 g/mol. The fourth-order valence-corrected chi connectivity index (χ4v) is 3.27. The normalized spacial score (nSPS) is 10.4. The number of para-hydroxylation sites is 1. The molecule has 0 fully saturated rings. The lowest BCUT2D eigenvalue weighted by Crippen LogP contribution is -2.23. The van der Waals surface area contributed by atoms with Crippen LogP contribution in [0.1, 0.15) is 21.5 Å². The number of nitriles is 1. The number of phenolic OH excluding ortho intramolecular Hbond substituents is 1. The molecule has 0 amide bonds. The number of pyridine rings is 1. The zero-order chi connectivity index (χ0) is 19.7. The Balaban J connectivity index is 2.28. The SMILES string of the molecule is N#Cc1cc(C(=O)c2cc(Cl)ccc2O)cn(-c2c(Cl)cccc2Cl)c1=O. The van der Waals surface area contributed by atoms with Gasteiger partial charge in [-0.3, -0.25) is 14.2 Å². The van der Waals surface area contributed by atoms with Crippen LogP contribution in [0.2, 0.25) is 15.1 Å². The quantitative estimate of drug-likeness (QED) is 0.629. The van der Waals surface area contributed by atoms with Crippen LogP contribution in [0.3, 0.4) is 0 Å². The van der Waals surface area contributed by atoms with Crippen molar-refractivity contribution in [2.75, 3.05) is 0 Å². The topological polar surface area (TPSA) is 83.1 Å². The van der Waals surface area contributed by atoms with Crippen molar-refractivity contribution in [3.8, 4) is 17.5 Å². The summed E-state index contributed by atoms with van der Waals surface area (Å²) in [4.78, 5) is 25.4. The number of benzene rings is 2. The number of phenols is 1. The van der Waals surface area contributed by atoms with Crippen molar-refractivity contribution in [1.82, 2.24) is 4.57 Å². The lowest BCUT2D eigenvalue weighted by Gasteiger charge is -2.12. The number of aromatic nitrogens is 1. The number of rotatable bonds is 3. The lowest BCUT2D eigenvalue weighted by atomic mass is 10.0. The van der Waals surface area contributed by atoms with Gasteiger partial charge < -0.3 is 5.11 Å². The number of carbonyl (C=O) groups excluding carboxylic acids is 1. The van der Waals surface area contributed by atoms with E-state index >= 15 is 0 Å². The van der Waals surface area contributed by atoms with Crippen molar-refractivity contribution in [2.24, 2.45) is 0 Å². The predicted molar refractivity (Wildman–Crippen MR) is 103 cm³/mol. The maximum absolute atomic E-state index is 12.8. The average Bonchev–Trinajstić information content (AvgIpc) is 2.64. The monoisotopic (exact) mass is 418 g/mol. The molecule has 0 unspecified atom stereocenters. The molecule has 0 aliphatic heterocycles. The molecule has 27 heavy (non-hydrogen) atoms. The van der Waals surface area contributed by atoms with Crippen molar-refractivity contribution in [1.29, 1.82) is 5.26 Å². The maximum Gasteiger partial charge on any atom is 0.273 e. The molecule has 0 spiro atoms. The molecule has 2 aromatic carbocycles. The Morgan fingerprint density at radius 1 is 1.07 bits per heavy atom. The molecule has 0 saturated heterocycles. The second kappa shape index (κ2) is 7.45. The van der Waals surface area contributed by atoms with Crippen molar-refractivity contribution >= 4 is 40.6 Å². The summed E-state index contributed by atoms with van der Waals surface area (Å²) in [7, 11) is 0. The Kier molecular flexibility index (Phi) is 5.24. The molecule has 0 aliphatic carbocycles. The number of hydrogen-bond acceptors (Lipinski definition) is 4.